The Morgan fingerprint density at radius 3 is 2.71 bits per heavy atom. The number of methoxy groups -OCH3 is 1. The number of nitrogens with one attached hydrogen (secondary N) is 1. The molecule has 0 radical (unpaired) electrons. The van der Waals surface area contributed by atoms with Crippen molar-refractivity contribution >= 4 is 10.9 Å². The fourth-order valence-electron chi connectivity index (χ4n) is 1.36. The van der Waals surface area contributed by atoms with Crippen LogP contribution >= 0.6 is 0 Å². The van der Waals surface area contributed by atoms with Crippen LogP contribution < -0.4 is 4.74 Å². The third-order valence-corrected chi connectivity index (χ3v) is 1.95. The van der Waals surface area contributed by atoms with Crippen LogP contribution in [-0.2, 0) is 0 Å². The van der Waals surface area contributed by atoms with Crippen LogP contribution in [0.5, 0.6) is 5.88 Å². The van der Waals surface area contributed by atoms with Crippen LogP contribution in [-0.4, -0.2) is 17.1 Å². The highest BCUT2D eigenvalue weighted by Crippen LogP contribution is 2.24. The van der Waals surface area contributed by atoms with E-state index in [1.165, 1.54) is 0 Å². The van der Waals surface area contributed by atoms with Gasteiger partial charge in [0.25, 0.3) is 0 Å². The van der Waals surface area contributed by atoms with Crippen LogP contribution in [0.15, 0.2) is 18.5 Å². The van der Waals surface area contributed by atoms with Gasteiger partial charge < -0.3 is 9.72 Å². The zero-order valence-electron chi connectivity index (χ0n) is 9.09. The molecule has 2 rings (SSSR count). The number of pyridine rings is 1. The third kappa shape index (κ3) is 1.71. The van der Waals surface area contributed by atoms with E-state index in [1.807, 2.05) is 33.0 Å². The van der Waals surface area contributed by atoms with E-state index in [9.17, 15) is 0 Å². The molecule has 2 aromatic rings. The van der Waals surface area contributed by atoms with Crippen molar-refractivity contribution in [2.45, 2.75) is 20.8 Å². The van der Waals surface area contributed by atoms with E-state index >= 15 is 0 Å². The van der Waals surface area contributed by atoms with Crippen LogP contribution in [0.25, 0.3) is 10.9 Å². The number of H-pyrrole nitrogens is 1. The first kappa shape index (κ1) is 10.6. The van der Waals surface area contributed by atoms with E-state index in [1.54, 1.807) is 13.3 Å². The highest BCUT2D eigenvalue weighted by molar-refractivity contribution is 5.87. The van der Waals surface area contributed by atoms with Gasteiger partial charge in [0, 0.05) is 12.4 Å². The van der Waals surface area contributed by atoms with Gasteiger partial charge in [0.15, 0.2) is 0 Å². The first-order valence-electron chi connectivity index (χ1n) is 4.79. The van der Waals surface area contributed by atoms with Crippen LogP contribution in [0.3, 0.4) is 0 Å². The molecular weight excluding hydrogens is 176 g/mol. The molecule has 76 valence electrons. The second kappa shape index (κ2) is 4.65. The maximum atomic E-state index is 5.14. The van der Waals surface area contributed by atoms with E-state index in [0.717, 1.165) is 16.5 Å². The SMILES string of the molecule is CC.COc1nccc2[nH]cc(C)c12. The molecule has 0 bridgehead atoms. The summed E-state index contributed by atoms with van der Waals surface area (Å²) in [5.74, 6) is 0.686. The molecule has 0 aliphatic heterocycles. The number of fused-ring (bicyclic) bond motifs is 1. The molecule has 0 aliphatic rings. The minimum absolute atomic E-state index is 0.686. The molecule has 0 amide bonds. The largest absolute Gasteiger partial charge is 0.480 e. The predicted octanol–water partition coefficient (Wildman–Crippen LogP) is 2.91. The minimum atomic E-state index is 0.686. The zero-order valence-corrected chi connectivity index (χ0v) is 9.09. The molecule has 2 aromatic heterocycles. The lowest BCUT2D eigenvalue weighted by Crippen LogP contribution is -1.87. The summed E-state index contributed by atoms with van der Waals surface area (Å²) in [6, 6.07) is 1.94. The first-order chi connectivity index (χ1) is 6.83. The third-order valence-electron chi connectivity index (χ3n) is 1.95. The lowest BCUT2D eigenvalue weighted by atomic mass is 10.2. The van der Waals surface area contributed by atoms with Crippen LogP contribution in [0, 0.1) is 6.92 Å². The van der Waals surface area contributed by atoms with Gasteiger partial charge >= 0.3 is 0 Å². The number of nitrogens with zero attached hydrogens (tertiary/aromatic N) is 1. The van der Waals surface area contributed by atoms with Gasteiger partial charge in [-0.05, 0) is 18.6 Å². The molecular formula is C11H16N2O. The summed E-state index contributed by atoms with van der Waals surface area (Å²) in [7, 11) is 1.63. The van der Waals surface area contributed by atoms with Crippen LogP contribution in [0.1, 0.15) is 19.4 Å². The standard InChI is InChI=1S/C9H10N2O.C2H6/c1-6-5-11-7-3-4-10-9(12-2)8(6)7;1-2/h3-5,11H,1-2H3;1-2H3. The first-order valence-corrected chi connectivity index (χ1v) is 4.79. The number of ether oxygens (including phenoxy) is 1. The molecule has 0 aliphatic carbocycles. The van der Waals surface area contributed by atoms with E-state index in [0.29, 0.717) is 5.88 Å². The van der Waals surface area contributed by atoms with Crippen LogP contribution in [0.4, 0.5) is 0 Å². The Morgan fingerprint density at radius 1 is 1.36 bits per heavy atom. The van der Waals surface area contributed by atoms with E-state index < -0.39 is 0 Å². The molecule has 0 aromatic carbocycles. The Hall–Kier alpha value is -1.51. The minimum Gasteiger partial charge on any atom is -0.480 e. The summed E-state index contributed by atoms with van der Waals surface area (Å²) in [4.78, 5) is 7.26. The molecule has 0 spiro atoms. The smallest absolute Gasteiger partial charge is 0.222 e. The molecule has 0 saturated heterocycles. The lowest BCUT2D eigenvalue weighted by molar-refractivity contribution is 0.403. The summed E-state index contributed by atoms with van der Waals surface area (Å²) < 4.78 is 5.14. The quantitative estimate of drug-likeness (QED) is 0.754. The van der Waals surface area contributed by atoms with Crippen molar-refractivity contribution in [3.8, 4) is 5.88 Å². The molecule has 0 unspecified atom stereocenters. The van der Waals surface area contributed by atoms with Crippen molar-refractivity contribution in [2.75, 3.05) is 7.11 Å². The number of aryl methyl sites for hydroxylation is 1. The molecule has 3 nitrogen and oxygen atoms in total. The molecule has 0 atom stereocenters. The second-order valence-electron chi connectivity index (χ2n) is 2.71. The van der Waals surface area contributed by atoms with Gasteiger partial charge in [-0.1, -0.05) is 13.8 Å². The molecule has 14 heavy (non-hydrogen) atoms. The maximum Gasteiger partial charge on any atom is 0.222 e. The monoisotopic (exact) mass is 192 g/mol. The summed E-state index contributed by atoms with van der Waals surface area (Å²) in [6.45, 7) is 6.03. The Bertz CT molecular complexity index is 407. The Kier molecular flexibility index (Phi) is 3.51. The number of rotatable bonds is 1. The predicted molar refractivity (Wildman–Crippen MR) is 58.7 cm³/mol. The molecule has 2 heterocycles. The number of hydrogen-bond acceptors (Lipinski definition) is 2. The summed E-state index contributed by atoms with van der Waals surface area (Å²) >= 11 is 0. The van der Waals surface area contributed by atoms with Crippen LogP contribution in [0.2, 0.25) is 0 Å². The van der Waals surface area contributed by atoms with Gasteiger partial charge in [-0.2, -0.15) is 0 Å². The van der Waals surface area contributed by atoms with E-state index in [2.05, 4.69) is 9.97 Å². The lowest BCUT2D eigenvalue weighted by Gasteiger charge is -1.99. The van der Waals surface area contributed by atoms with Crippen molar-refractivity contribution < 1.29 is 4.74 Å². The average molecular weight is 192 g/mol. The summed E-state index contributed by atoms with van der Waals surface area (Å²) in [6.07, 6.45) is 3.69. The molecule has 0 fully saturated rings. The van der Waals surface area contributed by atoms with Gasteiger partial charge in [0.05, 0.1) is 18.0 Å². The molecule has 1 N–H and O–H groups in total. The van der Waals surface area contributed by atoms with Gasteiger partial charge in [0.2, 0.25) is 5.88 Å². The van der Waals surface area contributed by atoms with E-state index in [4.69, 9.17) is 4.74 Å². The van der Waals surface area contributed by atoms with E-state index in [-0.39, 0.29) is 0 Å². The average Bonchev–Trinajstić information content (AvgIpc) is 2.64. The van der Waals surface area contributed by atoms with Crippen molar-refractivity contribution in [1.29, 1.82) is 0 Å². The molecule has 3 heteroatoms. The Balaban J connectivity index is 0.000000461. The van der Waals surface area contributed by atoms with Gasteiger partial charge in [0.1, 0.15) is 0 Å². The molecule has 0 saturated carbocycles. The highest BCUT2D eigenvalue weighted by Gasteiger charge is 2.05. The topological polar surface area (TPSA) is 37.9 Å². The van der Waals surface area contributed by atoms with Crippen molar-refractivity contribution in [2.24, 2.45) is 0 Å². The Morgan fingerprint density at radius 2 is 2.07 bits per heavy atom. The summed E-state index contributed by atoms with van der Waals surface area (Å²) in [5.41, 5.74) is 2.23. The van der Waals surface area contributed by atoms with Crippen molar-refractivity contribution in [1.82, 2.24) is 9.97 Å². The zero-order chi connectivity index (χ0) is 10.6. The normalized spacial score (nSPS) is 9.43. The van der Waals surface area contributed by atoms with Crippen molar-refractivity contribution in [3.05, 3.63) is 24.0 Å². The van der Waals surface area contributed by atoms with Gasteiger partial charge in [-0.25, -0.2) is 4.98 Å². The highest BCUT2D eigenvalue weighted by atomic mass is 16.5. The number of aromatic nitrogens is 2. The Labute approximate surface area is 84.1 Å². The fourth-order valence-corrected chi connectivity index (χ4v) is 1.36. The van der Waals surface area contributed by atoms with Gasteiger partial charge in [-0.3, -0.25) is 0 Å². The second-order valence-corrected chi connectivity index (χ2v) is 2.71. The van der Waals surface area contributed by atoms with Gasteiger partial charge in [-0.15, -0.1) is 0 Å². The number of hydrogen-bond donors (Lipinski definition) is 1. The summed E-state index contributed by atoms with van der Waals surface area (Å²) in [5, 5.41) is 1.07. The van der Waals surface area contributed by atoms with Crippen molar-refractivity contribution in [3.63, 3.8) is 0 Å². The number of aromatic amines is 1. The fraction of sp³-hybridized carbons (Fsp3) is 0.364. The maximum absolute atomic E-state index is 5.14.